The van der Waals surface area contributed by atoms with E-state index in [2.05, 4.69) is 12.2 Å². The van der Waals surface area contributed by atoms with Gasteiger partial charge in [0.15, 0.2) is 0 Å². The molecule has 0 heterocycles. The number of aliphatic hydroxyl groups excluding tert-OH is 1. The third kappa shape index (κ3) is 3.78. The van der Waals surface area contributed by atoms with E-state index in [-0.39, 0.29) is 12.6 Å². The second kappa shape index (κ2) is 7.82. The Kier molecular flexibility index (Phi) is 5.81. The summed E-state index contributed by atoms with van der Waals surface area (Å²) in [5, 5.41) is 12.9. The molecule has 0 saturated heterocycles. The molecule has 1 unspecified atom stereocenters. The summed E-state index contributed by atoms with van der Waals surface area (Å²) in [6.45, 7) is 2.81. The van der Waals surface area contributed by atoms with Gasteiger partial charge in [-0.25, -0.2) is 0 Å². The van der Waals surface area contributed by atoms with Gasteiger partial charge in [-0.1, -0.05) is 24.3 Å². The van der Waals surface area contributed by atoms with E-state index < -0.39 is 0 Å². The highest BCUT2D eigenvalue weighted by Gasteiger charge is 2.13. The van der Waals surface area contributed by atoms with E-state index in [4.69, 9.17) is 9.47 Å². The number of rotatable bonds is 7. The average molecular weight is 301 g/mol. The maximum atomic E-state index is 9.39. The fourth-order valence-corrected chi connectivity index (χ4v) is 2.44. The van der Waals surface area contributed by atoms with Gasteiger partial charge in [0.2, 0.25) is 0 Å². The molecule has 0 aliphatic heterocycles. The zero-order valence-corrected chi connectivity index (χ0v) is 13.3. The zero-order chi connectivity index (χ0) is 15.9. The molecule has 0 bridgehead atoms. The van der Waals surface area contributed by atoms with Crippen molar-refractivity contribution in [1.29, 1.82) is 0 Å². The van der Waals surface area contributed by atoms with Crippen molar-refractivity contribution in [3.63, 3.8) is 0 Å². The number of methoxy groups -OCH3 is 2. The average Bonchev–Trinajstić information content (AvgIpc) is 2.59. The van der Waals surface area contributed by atoms with Crippen molar-refractivity contribution in [2.45, 2.75) is 26.1 Å². The SMILES string of the molecule is COc1ccc(OC)c(C(C)NCc2ccccc2CO)c1. The number of nitrogens with one attached hydrogen (secondary N) is 1. The van der Waals surface area contributed by atoms with Gasteiger partial charge in [0.25, 0.3) is 0 Å². The molecule has 22 heavy (non-hydrogen) atoms. The van der Waals surface area contributed by atoms with Crippen molar-refractivity contribution in [3.8, 4) is 11.5 Å². The van der Waals surface area contributed by atoms with Gasteiger partial charge in [-0.3, -0.25) is 0 Å². The van der Waals surface area contributed by atoms with E-state index in [0.717, 1.165) is 28.2 Å². The molecular formula is C18H23NO3. The van der Waals surface area contributed by atoms with Gasteiger partial charge in [0.05, 0.1) is 20.8 Å². The van der Waals surface area contributed by atoms with Gasteiger partial charge < -0.3 is 19.9 Å². The van der Waals surface area contributed by atoms with Crippen LogP contribution >= 0.6 is 0 Å². The molecule has 0 spiro atoms. The lowest BCUT2D eigenvalue weighted by atomic mass is 10.0. The summed E-state index contributed by atoms with van der Waals surface area (Å²) >= 11 is 0. The van der Waals surface area contributed by atoms with Crippen LogP contribution in [0.15, 0.2) is 42.5 Å². The smallest absolute Gasteiger partial charge is 0.123 e. The van der Waals surface area contributed by atoms with Crippen LogP contribution in [0.1, 0.15) is 29.7 Å². The number of aliphatic hydroxyl groups is 1. The zero-order valence-electron chi connectivity index (χ0n) is 13.3. The largest absolute Gasteiger partial charge is 0.497 e. The third-order valence-corrected chi connectivity index (χ3v) is 3.79. The van der Waals surface area contributed by atoms with Crippen LogP contribution in [0.3, 0.4) is 0 Å². The predicted molar refractivity (Wildman–Crippen MR) is 87.2 cm³/mol. The molecule has 1 atom stereocenters. The van der Waals surface area contributed by atoms with Crippen molar-refractivity contribution in [1.82, 2.24) is 5.32 Å². The Morgan fingerprint density at radius 2 is 1.77 bits per heavy atom. The number of benzene rings is 2. The summed E-state index contributed by atoms with van der Waals surface area (Å²) in [5.74, 6) is 1.64. The van der Waals surface area contributed by atoms with Crippen LogP contribution in [0, 0.1) is 0 Å². The minimum Gasteiger partial charge on any atom is -0.497 e. The second-order valence-corrected chi connectivity index (χ2v) is 5.14. The molecule has 4 nitrogen and oxygen atoms in total. The van der Waals surface area contributed by atoms with E-state index in [1.807, 2.05) is 42.5 Å². The molecule has 0 aliphatic carbocycles. The first-order chi connectivity index (χ1) is 10.7. The topological polar surface area (TPSA) is 50.7 Å². The van der Waals surface area contributed by atoms with E-state index in [1.165, 1.54) is 0 Å². The van der Waals surface area contributed by atoms with Crippen molar-refractivity contribution in [2.75, 3.05) is 14.2 Å². The molecule has 0 radical (unpaired) electrons. The number of ether oxygens (including phenoxy) is 2. The van der Waals surface area contributed by atoms with Crippen LogP contribution in [0.2, 0.25) is 0 Å². The van der Waals surface area contributed by atoms with Crippen LogP contribution < -0.4 is 14.8 Å². The normalized spacial score (nSPS) is 12.0. The van der Waals surface area contributed by atoms with Gasteiger partial charge in [0.1, 0.15) is 11.5 Å². The Morgan fingerprint density at radius 3 is 2.41 bits per heavy atom. The Bertz CT molecular complexity index is 613. The van der Waals surface area contributed by atoms with E-state index in [1.54, 1.807) is 14.2 Å². The van der Waals surface area contributed by atoms with Crippen molar-refractivity contribution >= 4 is 0 Å². The van der Waals surface area contributed by atoms with Gasteiger partial charge in [-0.2, -0.15) is 0 Å². The fraction of sp³-hybridized carbons (Fsp3) is 0.333. The number of hydrogen-bond donors (Lipinski definition) is 2. The van der Waals surface area contributed by atoms with E-state index >= 15 is 0 Å². The maximum Gasteiger partial charge on any atom is 0.123 e. The Morgan fingerprint density at radius 1 is 1.05 bits per heavy atom. The van der Waals surface area contributed by atoms with Crippen molar-refractivity contribution in [2.24, 2.45) is 0 Å². The summed E-state index contributed by atoms with van der Waals surface area (Å²) in [6, 6.07) is 13.7. The van der Waals surface area contributed by atoms with Crippen LogP contribution in [0.25, 0.3) is 0 Å². The standard InChI is InChI=1S/C18H23NO3/c1-13(17-10-16(21-2)8-9-18(17)22-3)19-11-14-6-4-5-7-15(14)12-20/h4-10,13,19-20H,11-12H2,1-3H3. The molecule has 0 saturated carbocycles. The summed E-state index contributed by atoms with van der Waals surface area (Å²) in [7, 11) is 3.32. The lowest BCUT2D eigenvalue weighted by Gasteiger charge is -2.19. The van der Waals surface area contributed by atoms with Crippen LogP contribution in [-0.4, -0.2) is 19.3 Å². The lowest BCUT2D eigenvalue weighted by Crippen LogP contribution is -2.19. The first-order valence-corrected chi connectivity index (χ1v) is 7.32. The maximum absolute atomic E-state index is 9.39. The monoisotopic (exact) mass is 301 g/mol. The van der Waals surface area contributed by atoms with Crippen LogP contribution in [0.5, 0.6) is 11.5 Å². The third-order valence-electron chi connectivity index (χ3n) is 3.79. The molecule has 2 rings (SSSR count). The van der Waals surface area contributed by atoms with Gasteiger partial charge in [-0.15, -0.1) is 0 Å². The molecule has 4 heteroatoms. The van der Waals surface area contributed by atoms with Gasteiger partial charge in [0, 0.05) is 18.2 Å². The molecule has 0 aromatic heterocycles. The molecule has 0 aliphatic rings. The van der Waals surface area contributed by atoms with Gasteiger partial charge in [-0.05, 0) is 36.2 Å². The Balaban J connectivity index is 2.13. The fourth-order valence-electron chi connectivity index (χ4n) is 2.44. The molecular weight excluding hydrogens is 278 g/mol. The Labute approximate surface area is 131 Å². The Hall–Kier alpha value is -2.04. The lowest BCUT2D eigenvalue weighted by molar-refractivity contribution is 0.280. The highest BCUT2D eigenvalue weighted by Crippen LogP contribution is 2.29. The summed E-state index contributed by atoms with van der Waals surface area (Å²) < 4.78 is 10.7. The first-order valence-electron chi connectivity index (χ1n) is 7.32. The molecule has 2 aromatic carbocycles. The van der Waals surface area contributed by atoms with Gasteiger partial charge >= 0.3 is 0 Å². The molecule has 2 aromatic rings. The van der Waals surface area contributed by atoms with Crippen molar-refractivity contribution < 1.29 is 14.6 Å². The minimum absolute atomic E-state index is 0.0503. The molecule has 2 N–H and O–H groups in total. The predicted octanol–water partition coefficient (Wildman–Crippen LogP) is 3.05. The molecule has 0 amide bonds. The van der Waals surface area contributed by atoms with E-state index in [9.17, 15) is 5.11 Å². The molecule has 118 valence electrons. The summed E-state index contributed by atoms with van der Waals surface area (Å²) in [6.07, 6.45) is 0. The molecule has 0 fully saturated rings. The summed E-state index contributed by atoms with van der Waals surface area (Å²) in [4.78, 5) is 0. The summed E-state index contributed by atoms with van der Waals surface area (Å²) in [5.41, 5.74) is 3.09. The minimum atomic E-state index is 0.0503. The van der Waals surface area contributed by atoms with E-state index in [0.29, 0.717) is 6.54 Å². The van der Waals surface area contributed by atoms with Crippen LogP contribution in [-0.2, 0) is 13.2 Å². The van der Waals surface area contributed by atoms with Crippen LogP contribution in [0.4, 0.5) is 0 Å². The second-order valence-electron chi connectivity index (χ2n) is 5.14. The quantitative estimate of drug-likeness (QED) is 0.825. The highest BCUT2D eigenvalue weighted by atomic mass is 16.5. The van der Waals surface area contributed by atoms with Crippen molar-refractivity contribution in [3.05, 3.63) is 59.2 Å². The number of hydrogen-bond acceptors (Lipinski definition) is 4. The first kappa shape index (κ1) is 16.3. The highest BCUT2D eigenvalue weighted by molar-refractivity contribution is 5.42.